The summed E-state index contributed by atoms with van der Waals surface area (Å²) >= 11 is 6.39. The zero-order valence-electron chi connectivity index (χ0n) is 4.62. The number of hydrogen-bond acceptors (Lipinski definition) is 1. The van der Waals surface area contributed by atoms with E-state index in [0.717, 1.165) is 12.8 Å². The molecule has 0 aliphatic heterocycles. The topological polar surface area (TPSA) is 23.8 Å². The lowest BCUT2D eigenvalue weighted by Crippen LogP contribution is -2.05. The molecule has 0 spiro atoms. The van der Waals surface area contributed by atoms with Gasteiger partial charge in [0.15, 0.2) is 3.23 Å². The monoisotopic (exact) mass is 239 g/mol. The summed E-state index contributed by atoms with van der Waals surface area (Å²) in [6.07, 6.45) is 1.84. The molecule has 0 bridgehead atoms. The lowest BCUT2D eigenvalue weighted by Gasteiger charge is -2.06. The van der Waals surface area contributed by atoms with Gasteiger partial charge in [-0.1, -0.05) is 45.2 Å². The molecule has 0 fully saturated rings. The fourth-order valence-electron chi connectivity index (χ4n) is 0.370. The highest BCUT2D eigenvalue weighted by Gasteiger charge is 2.19. The highest BCUT2D eigenvalue weighted by Crippen LogP contribution is 2.29. The Morgan fingerprint density at radius 3 is 2.25 bits per heavy atom. The number of rotatable bonds is 2. The molecule has 0 aromatic carbocycles. The molecule has 46 valence electrons. The molecule has 0 saturated heterocycles. The van der Waals surface area contributed by atoms with Crippen molar-refractivity contribution in [3.63, 3.8) is 0 Å². The zero-order valence-corrected chi connectivity index (χ0v) is 7.79. The van der Waals surface area contributed by atoms with Crippen LogP contribution in [-0.2, 0) is 0 Å². The maximum atomic E-state index is 8.38. The lowest BCUT2D eigenvalue weighted by atomic mass is 10.3. The van der Waals surface area contributed by atoms with Crippen LogP contribution in [0.4, 0.5) is 0 Å². The van der Waals surface area contributed by atoms with Crippen LogP contribution < -0.4 is 0 Å². The van der Waals surface area contributed by atoms with Crippen molar-refractivity contribution < 1.29 is 0 Å². The van der Waals surface area contributed by atoms with Crippen LogP contribution in [0.1, 0.15) is 19.8 Å². The molecule has 0 aromatic rings. The van der Waals surface area contributed by atoms with Gasteiger partial charge >= 0.3 is 0 Å². The van der Waals surface area contributed by atoms with E-state index in [4.69, 9.17) is 5.26 Å². The van der Waals surface area contributed by atoms with E-state index in [1.54, 1.807) is 0 Å². The van der Waals surface area contributed by atoms with E-state index in [1.165, 1.54) is 0 Å². The Hall–Kier alpha value is 0.450. The predicted octanol–water partition coefficient (Wildman–Crippen LogP) is 2.80. The average molecular weight is 241 g/mol. The third-order valence-corrected chi connectivity index (χ3v) is 1.88. The van der Waals surface area contributed by atoms with Crippen LogP contribution >= 0.6 is 31.9 Å². The van der Waals surface area contributed by atoms with Gasteiger partial charge in [-0.3, -0.25) is 0 Å². The van der Waals surface area contributed by atoms with Crippen molar-refractivity contribution in [2.24, 2.45) is 0 Å². The first-order chi connectivity index (χ1) is 3.62. The molecular formula is C5H7Br2N. The van der Waals surface area contributed by atoms with Crippen molar-refractivity contribution in [2.45, 2.75) is 23.0 Å². The molecule has 8 heavy (non-hydrogen) atoms. The van der Waals surface area contributed by atoms with Gasteiger partial charge in [0.05, 0.1) is 6.07 Å². The van der Waals surface area contributed by atoms with E-state index in [2.05, 4.69) is 37.9 Å². The van der Waals surface area contributed by atoms with Gasteiger partial charge in [0.25, 0.3) is 0 Å². The van der Waals surface area contributed by atoms with Crippen molar-refractivity contribution in [1.82, 2.24) is 0 Å². The third kappa shape index (κ3) is 3.45. The molecule has 0 atom stereocenters. The van der Waals surface area contributed by atoms with Crippen molar-refractivity contribution in [3.05, 3.63) is 0 Å². The van der Waals surface area contributed by atoms with Crippen LogP contribution in [0.5, 0.6) is 0 Å². The van der Waals surface area contributed by atoms with Crippen LogP contribution in [0.3, 0.4) is 0 Å². The Labute approximate surface area is 66.3 Å². The van der Waals surface area contributed by atoms with Gasteiger partial charge in [0.2, 0.25) is 0 Å². The summed E-state index contributed by atoms with van der Waals surface area (Å²) in [5.74, 6) is 0. The first-order valence-corrected chi connectivity index (χ1v) is 4.00. The molecule has 1 nitrogen and oxygen atoms in total. The quantitative estimate of drug-likeness (QED) is 0.682. The zero-order chi connectivity index (χ0) is 6.62. The number of nitrogens with zero attached hydrogens (tertiary/aromatic N) is 1. The highest BCUT2D eigenvalue weighted by atomic mass is 79.9. The van der Waals surface area contributed by atoms with Crippen LogP contribution in [0.2, 0.25) is 0 Å². The molecule has 0 rings (SSSR count). The smallest absolute Gasteiger partial charge is 0.166 e. The number of nitriles is 1. The number of alkyl halides is 2. The van der Waals surface area contributed by atoms with Crippen LogP contribution in [0.15, 0.2) is 0 Å². The van der Waals surface area contributed by atoms with E-state index < -0.39 is 3.23 Å². The summed E-state index contributed by atoms with van der Waals surface area (Å²) in [7, 11) is 0. The second kappa shape index (κ2) is 3.47. The average Bonchev–Trinajstić information content (AvgIpc) is 1.67. The lowest BCUT2D eigenvalue weighted by molar-refractivity contribution is 0.818. The van der Waals surface area contributed by atoms with E-state index in [1.807, 2.05) is 6.92 Å². The van der Waals surface area contributed by atoms with Gasteiger partial charge in [0, 0.05) is 0 Å². The van der Waals surface area contributed by atoms with E-state index in [9.17, 15) is 0 Å². The minimum Gasteiger partial charge on any atom is -0.196 e. The van der Waals surface area contributed by atoms with E-state index >= 15 is 0 Å². The fraction of sp³-hybridized carbons (Fsp3) is 0.800. The molecule has 0 heterocycles. The Bertz CT molecular complexity index is 103. The SMILES string of the molecule is CCCC(Br)(Br)C#N. The van der Waals surface area contributed by atoms with Crippen molar-refractivity contribution in [2.75, 3.05) is 0 Å². The standard InChI is InChI=1S/C5H7Br2N/c1-2-3-5(6,7)4-8/h2-3H2,1H3. The molecule has 0 saturated carbocycles. The molecule has 0 unspecified atom stereocenters. The second-order valence-corrected chi connectivity index (χ2v) is 5.34. The Morgan fingerprint density at radius 1 is 1.62 bits per heavy atom. The Morgan fingerprint density at radius 2 is 2.12 bits per heavy atom. The normalized spacial score (nSPS) is 10.8. The first-order valence-electron chi connectivity index (χ1n) is 2.41. The molecule has 0 amide bonds. The van der Waals surface area contributed by atoms with Crippen LogP contribution in [-0.4, -0.2) is 3.23 Å². The Kier molecular flexibility index (Phi) is 3.67. The minimum atomic E-state index is -0.477. The van der Waals surface area contributed by atoms with Crippen LogP contribution in [0.25, 0.3) is 0 Å². The minimum absolute atomic E-state index is 0.477. The predicted molar refractivity (Wildman–Crippen MR) is 41.1 cm³/mol. The van der Waals surface area contributed by atoms with Crippen molar-refractivity contribution in [1.29, 1.82) is 5.26 Å². The van der Waals surface area contributed by atoms with E-state index in [-0.39, 0.29) is 0 Å². The Balaban J connectivity index is 3.59. The summed E-state index contributed by atoms with van der Waals surface area (Å²) in [5.41, 5.74) is 0. The molecular weight excluding hydrogens is 234 g/mol. The third-order valence-electron chi connectivity index (χ3n) is 0.728. The summed E-state index contributed by atoms with van der Waals surface area (Å²) in [5, 5.41) is 8.38. The largest absolute Gasteiger partial charge is 0.196 e. The van der Waals surface area contributed by atoms with Gasteiger partial charge in [-0.15, -0.1) is 0 Å². The molecule has 0 aromatic heterocycles. The van der Waals surface area contributed by atoms with Crippen molar-refractivity contribution in [3.8, 4) is 6.07 Å². The second-order valence-electron chi connectivity index (χ2n) is 1.57. The summed E-state index contributed by atoms with van der Waals surface area (Å²) < 4.78 is -0.477. The van der Waals surface area contributed by atoms with Gasteiger partial charge in [-0.25, -0.2) is 0 Å². The highest BCUT2D eigenvalue weighted by molar-refractivity contribution is 9.25. The van der Waals surface area contributed by atoms with Crippen molar-refractivity contribution >= 4 is 31.9 Å². The molecule has 0 N–H and O–H groups in total. The van der Waals surface area contributed by atoms with E-state index in [0.29, 0.717) is 0 Å². The summed E-state index contributed by atoms with van der Waals surface area (Å²) in [6, 6.07) is 2.08. The van der Waals surface area contributed by atoms with Gasteiger partial charge in [-0.05, 0) is 6.42 Å². The van der Waals surface area contributed by atoms with Gasteiger partial charge < -0.3 is 0 Å². The molecule has 0 aliphatic carbocycles. The fourth-order valence-corrected chi connectivity index (χ4v) is 1.16. The molecule has 0 aliphatic rings. The number of hydrogen-bond donors (Lipinski definition) is 0. The maximum Gasteiger partial charge on any atom is 0.166 e. The summed E-state index contributed by atoms with van der Waals surface area (Å²) in [4.78, 5) is 0. The maximum absolute atomic E-state index is 8.38. The van der Waals surface area contributed by atoms with Gasteiger partial charge in [-0.2, -0.15) is 5.26 Å². The van der Waals surface area contributed by atoms with Gasteiger partial charge in [0.1, 0.15) is 0 Å². The number of halogens is 2. The molecule has 3 heteroatoms. The first kappa shape index (κ1) is 8.45. The van der Waals surface area contributed by atoms with Crippen LogP contribution in [0, 0.1) is 11.3 Å². The summed E-state index contributed by atoms with van der Waals surface area (Å²) in [6.45, 7) is 2.04. The molecule has 0 radical (unpaired) electrons.